The van der Waals surface area contributed by atoms with Gasteiger partial charge in [-0.3, -0.25) is 4.90 Å². The molecular weight excluding hydrogens is 198 g/mol. The number of aliphatic hydroxyl groups is 1. The van der Waals surface area contributed by atoms with E-state index in [9.17, 15) is 5.11 Å². The summed E-state index contributed by atoms with van der Waals surface area (Å²) in [5.41, 5.74) is 0.843. The molecule has 16 heavy (non-hydrogen) atoms. The Hall–Kier alpha value is -0.0800. The molecule has 1 atom stereocenters. The van der Waals surface area contributed by atoms with Gasteiger partial charge in [-0.15, -0.1) is 0 Å². The van der Waals surface area contributed by atoms with Crippen molar-refractivity contribution in [1.82, 2.24) is 4.90 Å². The fourth-order valence-corrected chi connectivity index (χ4v) is 3.02. The zero-order valence-electron chi connectivity index (χ0n) is 11.7. The monoisotopic (exact) mass is 227 g/mol. The van der Waals surface area contributed by atoms with Crippen LogP contribution in [0.5, 0.6) is 0 Å². The lowest BCUT2D eigenvalue weighted by atomic mass is 9.71. The van der Waals surface area contributed by atoms with Gasteiger partial charge >= 0.3 is 0 Å². The molecule has 1 aliphatic heterocycles. The van der Waals surface area contributed by atoms with Gasteiger partial charge in [0.15, 0.2) is 0 Å². The summed E-state index contributed by atoms with van der Waals surface area (Å²) >= 11 is 0. The predicted molar refractivity (Wildman–Crippen MR) is 69.5 cm³/mol. The maximum Gasteiger partial charge on any atom is 0.0446 e. The SMILES string of the molecule is CCC1(CC)CN(C(CCO)C(C)(C)C)C1. The summed E-state index contributed by atoms with van der Waals surface area (Å²) in [5.74, 6) is 0. The van der Waals surface area contributed by atoms with Gasteiger partial charge in [0.1, 0.15) is 0 Å². The molecule has 0 aromatic heterocycles. The molecule has 0 saturated carbocycles. The van der Waals surface area contributed by atoms with Crippen LogP contribution in [0.25, 0.3) is 0 Å². The minimum atomic E-state index is 0.274. The minimum Gasteiger partial charge on any atom is -0.396 e. The van der Waals surface area contributed by atoms with Crippen LogP contribution < -0.4 is 0 Å². The smallest absolute Gasteiger partial charge is 0.0446 e. The Balaban J connectivity index is 2.58. The Bertz CT molecular complexity index is 207. The van der Waals surface area contributed by atoms with E-state index >= 15 is 0 Å². The number of hydrogen-bond donors (Lipinski definition) is 1. The van der Waals surface area contributed by atoms with E-state index in [4.69, 9.17) is 0 Å². The molecule has 1 rings (SSSR count). The van der Waals surface area contributed by atoms with Crippen LogP contribution in [0.2, 0.25) is 0 Å². The summed E-state index contributed by atoms with van der Waals surface area (Å²) in [6, 6.07) is 0.531. The highest BCUT2D eigenvalue weighted by Crippen LogP contribution is 2.42. The van der Waals surface area contributed by atoms with Crippen molar-refractivity contribution in [3.8, 4) is 0 Å². The first-order valence-corrected chi connectivity index (χ1v) is 6.73. The molecule has 0 aromatic rings. The molecule has 2 heteroatoms. The summed E-state index contributed by atoms with van der Waals surface area (Å²) < 4.78 is 0. The van der Waals surface area contributed by atoms with Crippen LogP contribution in [0.3, 0.4) is 0 Å². The van der Waals surface area contributed by atoms with Crippen LogP contribution in [-0.2, 0) is 0 Å². The molecule has 96 valence electrons. The number of hydrogen-bond acceptors (Lipinski definition) is 2. The first-order chi connectivity index (χ1) is 7.38. The van der Waals surface area contributed by atoms with Crippen LogP contribution in [-0.4, -0.2) is 35.7 Å². The third kappa shape index (κ3) is 2.78. The minimum absolute atomic E-state index is 0.274. The third-order valence-corrected chi connectivity index (χ3v) is 4.42. The summed E-state index contributed by atoms with van der Waals surface area (Å²) in [6.07, 6.45) is 3.49. The van der Waals surface area contributed by atoms with E-state index in [0.29, 0.717) is 18.1 Å². The van der Waals surface area contributed by atoms with Crippen LogP contribution >= 0.6 is 0 Å². The fraction of sp³-hybridized carbons (Fsp3) is 1.00. The van der Waals surface area contributed by atoms with Crippen molar-refractivity contribution in [2.24, 2.45) is 10.8 Å². The van der Waals surface area contributed by atoms with E-state index < -0.39 is 0 Å². The number of nitrogens with zero attached hydrogens (tertiary/aromatic N) is 1. The van der Waals surface area contributed by atoms with E-state index in [0.717, 1.165) is 6.42 Å². The maximum absolute atomic E-state index is 9.19. The molecule has 1 N–H and O–H groups in total. The molecule has 0 spiro atoms. The highest BCUT2D eigenvalue weighted by molar-refractivity contribution is 4.98. The van der Waals surface area contributed by atoms with Gasteiger partial charge in [-0.1, -0.05) is 34.6 Å². The molecule has 0 radical (unpaired) electrons. The Kier molecular flexibility index (Phi) is 4.42. The van der Waals surface area contributed by atoms with E-state index in [1.54, 1.807) is 0 Å². The number of aliphatic hydroxyl groups excluding tert-OH is 1. The molecule has 1 saturated heterocycles. The molecule has 0 amide bonds. The van der Waals surface area contributed by atoms with Crippen molar-refractivity contribution in [3.63, 3.8) is 0 Å². The van der Waals surface area contributed by atoms with Gasteiger partial charge < -0.3 is 5.11 Å². The van der Waals surface area contributed by atoms with Crippen LogP contribution in [0.4, 0.5) is 0 Å². The quantitative estimate of drug-likeness (QED) is 0.780. The van der Waals surface area contributed by atoms with E-state index in [1.165, 1.54) is 25.9 Å². The predicted octanol–water partition coefficient (Wildman–Crippen LogP) is 2.91. The summed E-state index contributed by atoms with van der Waals surface area (Å²) in [6.45, 7) is 14.2. The molecule has 0 aromatic carbocycles. The average molecular weight is 227 g/mol. The van der Waals surface area contributed by atoms with Crippen molar-refractivity contribution in [2.45, 2.75) is 59.9 Å². The van der Waals surface area contributed by atoms with Crippen molar-refractivity contribution in [1.29, 1.82) is 0 Å². The fourth-order valence-electron chi connectivity index (χ4n) is 3.02. The van der Waals surface area contributed by atoms with Gasteiger partial charge in [-0.05, 0) is 30.1 Å². The van der Waals surface area contributed by atoms with Crippen molar-refractivity contribution < 1.29 is 5.11 Å². The lowest BCUT2D eigenvalue weighted by molar-refractivity contribution is -0.0728. The molecular formula is C14H29NO. The summed E-state index contributed by atoms with van der Waals surface area (Å²) in [5, 5.41) is 9.19. The molecule has 1 aliphatic rings. The second kappa shape index (κ2) is 5.05. The molecule has 1 unspecified atom stereocenters. The molecule has 0 bridgehead atoms. The van der Waals surface area contributed by atoms with Crippen LogP contribution in [0.1, 0.15) is 53.9 Å². The lowest BCUT2D eigenvalue weighted by Gasteiger charge is -2.56. The van der Waals surface area contributed by atoms with E-state index in [1.807, 2.05) is 0 Å². The Morgan fingerprint density at radius 1 is 1.19 bits per heavy atom. The van der Waals surface area contributed by atoms with Crippen LogP contribution in [0.15, 0.2) is 0 Å². The number of rotatable bonds is 5. The Morgan fingerprint density at radius 2 is 1.69 bits per heavy atom. The topological polar surface area (TPSA) is 23.5 Å². The van der Waals surface area contributed by atoms with Crippen LogP contribution in [0, 0.1) is 10.8 Å². The zero-order valence-corrected chi connectivity index (χ0v) is 11.7. The molecule has 2 nitrogen and oxygen atoms in total. The second-order valence-corrected chi connectivity index (χ2v) is 6.51. The van der Waals surface area contributed by atoms with Gasteiger partial charge in [0.2, 0.25) is 0 Å². The standard InChI is InChI=1S/C14H29NO/c1-6-14(7-2)10-15(11-14)12(8-9-16)13(3,4)5/h12,16H,6-11H2,1-5H3. The Labute approximate surface area is 101 Å². The summed E-state index contributed by atoms with van der Waals surface area (Å²) in [4.78, 5) is 2.57. The van der Waals surface area contributed by atoms with E-state index in [2.05, 4.69) is 39.5 Å². The van der Waals surface area contributed by atoms with Crippen molar-refractivity contribution >= 4 is 0 Å². The van der Waals surface area contributed by atoms with E-state index in [-0.39, 0.29) is 5.41 Å². The first-order valence-electron chi connectivity index (χ1n) is 6.73. The molecule has 1 heterocycles. The molecule has 1 fully saturated rings. The molecule has 0 aliphatic carbocycles. The highest BCUT2D eigenvalue weighted by atomic mass is 16.3. The third-order valence-electron chi connectivity index (χ3n) is 4.42. The normalized spacial score (nSPS) is 22.9. The van der Waals surface area contributed by atoms with Crippen molar-refractivity contribution in [3.05, 3.63) is 0 Å². The maximum atomic E-state index is 9.19. The largest absolute Gasteiger partial charge is 0.396 e. The second-order valence-electron chi connectivity index (χ2n) is 6.51. The van der Waals surface area contributed by atoms with Gasteiger partial charge in [-0.25, -0.2) is 0 Å². The Morgan fingerprint density at radius 3 is 2.00 bits per heavy atom. The van der Waals surface area contributed by atoms with Gasteiger partial charge in [0.25, 0.3) is 0 Å². The summed E-state index contributed by atoms with van der Waals surface area (Å²) in [7, 11) is 0. The zero-order chi connectivity index (χ0) is 12.4. The van der Waals surface area contributed by atoms with Gasteiger partial charge in [-0.2, -0.15) is 0 Å². The number of likely N-dealkylation sites (tertiary alicyclic amines) is 1. The van der Waals surface area contributed by atoms with Gasteiger partial charge in [0, 0.05) is 25.7 Å². The van der Waals surface area contributed by atoms with Crippen molar-refractivity contribution in [2.75, 3.05) is 19.7 Å². The highest BCUT2D eigenvalue weighted by Gasteiger charge is 2.45. The average Bonchev–Trinajstić information content (AvgIpc) is 2.14. The lowest BCUT2D eigenvalue weighted by Crippen LogP contribution is -2.62. The first kappa shape index (κ1) is 14.0. The van der Waals surface area contributed by atoms with Gasteiger partial charge in [0.05, 0.1) is 0 Å².